The van der Waals surface area contributed by atoms with E-state index in [1.807, 2.05) is 26.0 Å². The van der Waals surface area contributed by atoms with Crippen molar-refractivity contribution in [1.82, 2.24) is 15.1 Å². The summed E-state index contributed by atoms with van der Waals surface area (Å²) in [6.45, 7) is 3.95. The highest BCUT2D eigenvalue weighted by Gasteiger charge is 2.26. The molecule has 0 spiro atoms. The van der Waals surface area contributed by atoms with Crippen LogP contribution < -0.4 is 0 Å². The van der Waals surface area contributed by atoms with Crippen LogP contribution in [0.25, 0.3) is 11.4 Å². The number of Topliss-reactive ketones (excluding diaryl/α,β-unsaturated/α-hetero) is 1. The van der Waals surface area contributed by atoms with Gasteiger partial charge in [-0.15, -0.1) is 0 Å². The smallest absolute Gasteiger partial charge is 0.226 e. The SMILES string of the molecule is CCc1nc(-c2ccc3c(c2)CC[C@H]3CC(=O)c2cnccc2C)no1. The topological polar surface area (TPSA) is 68.9 Å². The van der Waals surface area contributed by atoms with Gasteiger partial charge in [0.25, 0.3) is 0 Å². The van der Waals surface area contributed by atoms with E-state index in [4.69, 9.17) is 4.52 Å². The first-order valence-corrected chi connectivity index (χ1v) is 9.05. The van der Waals surface area contributed by atoms with Crippen LogP contribution in [0.1, 0.15) is 58.6 Å². The predicted octanol–water partition coefficient (Wildman–Crippen LogP) is 4.31. The fourth-order valence-corrected chi connectivity index (χ4v) is 3.66. The van der Waals surface area contributed by atoms with Crippen LogP contribution in [0.2, 0.25) is 0 Å². The number of rotatable bonds is 5. The molecule has 0 saturated carbocycles. The molecule has 3 aromatic rings. The zero-order valence-corrected chi connectivity index (χ0v) is 15.0. The van der Waals surface area contributed by atoms with Crippen molar-refractivity contribution in [3.63, 3.8) is 0 Å². The van der Waals surface area contributed by atoms with Gasteiger partial charge in [0.2, 0.25) is 11.7 Å². The molecule has 0 radical (unpaired) electrons. The third kappa shape index (κ3) is 3.05. The summed E-state index contributed by atoms with van der Waals surface area (Å²) in [4.78, 5) is 21.2. The molecular formula is C21H21N3O2. The van der Waals surface area contributed by atoms with E-state index in [-0.39, 0.29) is 11.7 Å². The molecule has 0 N–H and O–H groups in total. The van der Waals surface area contributed by atoms with Crippen molar-refractivity contribution < 1.29 is 9.32 Å². The molecule has 0 fully saturated rings. The Hall–Kier alpha value is -2.82. The summed E-state index contributed by atoms with van der Waals surface area (Å²) in [6, 6.07) is 8.17. The van der Waals surface area contributed by atoms with Gasteiger partial charge in [0.1, 0.15) is 0 Å². The van der Waals surface area contributed by atoms with Gasteiger partial charge in [0.05, 0.1) is 0 Å². The maximum Gasteiger partial charge on any atom is 0.226 e. The van der Waals surface area contributed by atoms with Crippen molar-refractivity contribution in [2.45, 2.75) is 45.4 Å². The van der Waals surface area contributed by atoms with E-state index >= 15 is 0 Å². The summed E-state index contributed by atoms with van der Waals surface area (Å²) in [7, 11) is 0. The normalized spacial score (nSPS) is 15.8. The molecule has 5 heteroatoms. The lowest BCUT2D eigenvalue weighted by Crippen LogP contribution is -2.07. The molecule has 2 heterocycles. The number of aryl methyl sites for hydroxylation is 3. The van der Waals surface area contributed by atoms with Crippen LogP contribution in [-0.2, 0) is 12.8 Å². The minimum absolute atomic E-state index is 0.170. The van der Waals surface area contributed by atoms with Crippen molar-refractivity contribution in [2.24, 2.45) is 0 Å². The van der Waals surface area contributed by atoms with Crippen molar-refractivity contribution in [1.29, 1.82) is 0 Å². The van der Waals surface area contributed by atoms with Crippen LogP contribution in [0.15, 0.2) is 41.2 Å². The lowest BCUT2D eigenvalue weighted by Gasteiger charge is -2.12. The van der Waals surface area contributed by atoms with Gasteiger partial charge in [0.15, 0.2) is 5.78 Å². The Morgan fingerprint density at radius 2 is 2.19 bits per heavy atom. The number of pyridine rings is 1. The molecule has 0 amide bonds. The second-order valence-electron chi connectivity index (χ2n) is 6.83. The van der Waals surface area contributed by atoms with E-state index < -0.39 is 0 Å². The predicted molar refractivity (Wildman–Crippen MR) is 98.1 cm³/mol. The molecule has 0 unspecified atom stereocenters. The van der Waals surface area contributed by atoms with Crippen LogP contribution in [0.3, 0.4) is 0 Å². The zero-order valence-electron chi connectivity index (χ0n) is 15.0. The molecule has 4 rings (SSSR count). The number of hydrogen-bond acceptors (Lipinski definition) is 5. The Balaban J connectivity index is 1.55. The molecule has 132 valence electrons. The molecule has 1 atom stereocenters. The number of fused-ring (bicyclic) bond motifs is 1. The van der Waals surface area contributed by atoms with Gasteiger partial charge in [0, 0.05) is 36.4 Å². The fraction of sp³-hybridized carbons (Fsp3) is 0.333. The Morgan fingerprint density at radius 1 is 1.31 bits per heavy atom. The highest BCUT2D eigenvalue weighted by atomic mass is 16.5. The van der Waals surface area contributed by atoms with E-state index in [9.17, 15) is 4.79 Å². The van der Waals surface area contributed by atoms with Gasteiger partial charge in [-0.05, 0) is 54.5 Å². The third-order valence-corrected chi connectivity index (χ3v) is 5.14. The Bertz CT molecular complexity index is 961. The first-order chi connectivity index (χ1) is 12.7. The molecule has 0 aliphatic heterocycles. The highest BCUT2D eigenvalue weighted by molar-refractivity contribution is 5.97. The highest BCUT2D eigenvalue weighted by Crippen LogP contribution is 2.38. The van der Waals surface area contributed by atoms with E-state index in [0.29, 0.717) is 18.1 Å². The van der Waals surface area contributed by atoms with E-state index in [2.05, 4.69) is 27.3 Å². The average Bonchev–Trinajstić information content (AvgIpc) is 3.29. The second kappa shape index (κ2) is 6.83. The maximum absolute atomic E-state index is 12.7. The summed E-state index contributed by atoms with van der Waals surface area (Å²) in [5, 5.41) is 4.05. The molecule has 1 aromatic carbocycles. The van der Waals surface area contributed by atoms with Crippen molar-refractivity contribution in [3.8, 4) is 11.4 Å². The summed E-state index contributed by atoms with van der Waals surface area (Å²) < 4.78 is 5.21. The Labute approximate surface area is 152 Å². The fourth-order valence-electron chi connectivity index (χ4n) is 3.66. The van der Waals surface area contributed by atoms with Crippen molar-refractivity contribution in [3.05, 3.63) is 64.8 Å². The minimum atomic E-state index is 0.170. The summed E-state index contributed by atoms with van der Waals surface area (Å²) in [6.07, 6.45) is 6.64. The van der Waals surface area contributed by atoms with E-state index in [1.54, 1.807) is 12.4 Å². The Morgan fingerprint density at radius 3 is 2.96 bits per heavy atom. The molecule has 2 aromatic heterocycles. The summed E-state index contributed by atoms with van der Waals surface area (Å²) >= 11 is 0. The number of ketones is 1. The quantitative estimate of drug-likeness (QED) is 0.644. The van der Waals surface area contributed by atoms with Crippen molar-refractivity contribution in [2.75, 3.05) is 0 Å². The molecule has 0 saturated heterocycles. The minimum Gasteiger partial charge on any atom is -0.339 e. The molecule has 0 bridgehead atoms. The van der Waals surface area contributed by atoms with E-state index in [1.165, 1.54) is 11.1 Å². The van der Waals surface area contributed by atoms with Crippen LogP contribution in [0, 0.1) is 6.92 Å². The molecule has 1 aliphatic carbocycles. The van der Waals surface area contributed by atoms with Crippen molar-refractivity contribution >= 4 is 5.78 Å². The maximum atomic E-state index is 12.7. The lowest BCUT2D eigenvalue weighted by molar-refractivity contribution is 0.0972. The largest absolute Gasteiger partial charge is 0.339 e. The van der Waals surface area contributed by atoms with Gasteiger partial charge in [-0.25, -0.2) is 0 Å². The van der Waals surface area contributed by atoms with Gasteiger partial charge in [-0.1, -0.05) is 24.2 Å². The summed E-state index contributed by atoms with van der Waals surface area (Å²) in [5.74, 6) is 1.72. The first-order valence-electron chi connectivity index (χ1n) is 9.05. The van der Waals surface area contributed by atoms with Gasteiger partial charge < -0.3 is 4.52 Å². The number of carbonyl (C=O) groups is 1. The number of aromatic nitrogens is 3. The van der Waals surface area contributed by atoms with Gasteiger partial charge >= 0.3 is 0 Å². The number of hydrogen-bond donors (Lipinski definition) is 0. The van der Waals surface area contributed by atoms with Gasteiger partial charge in [-0.2, -0.15) is 4.98 Å². The second-order valence-corrected chi connectivity index (χ2v) is 6.83. The molecule has 5 nitrogen and oxygen atoms in total. The molecule has 1 aliphatic rings. The first kappa shape index (κ1) is 16.6. The monoisotopic (exact) mass is 347 g/mol. The number of carbonyl (C=O) groups excluding carboxylic acids is 1. The van der Waals surface area contributed by atoms with Crippen LogP contribution >= 0.6 is 0 Å². The van der Waals surface area contributed by atoms with Crippen LogP contribution in [0.5, 0.6) is 0 Å². The number of nitrogens with zero attached hydrogens (tertiary/aromatic N) is 3. The van der Waals surface area contributed by atoms with E-state index in [0.717, 1.165) is 36.0 Å². The number of benzene rings is 1. The molecule has 26 heavy (non-hydrogen) atoms. The zero-order chi connectivity index (χ0) is 18.1. The third-order valence-electron chi connectivity index (χ3n) is 5.14. The van der Waals surface area contributed by atoms with Crippen LogP contribution in [-0.4, -0.2) is 20.9 Å². The Kier molecular flexibility index (Phi) is 4.37. The van der Waals surface area contributed by atoms with Gasteiger partial charge in [-0.3, -0.25) is 9.78 Å². The standard InChI is InChI=1S/C21H21N3O2/c1-3-20-23-21(24-26-20)16-6-7-17-14(10-16)4-5-15(17)11-19(25)18-12-22-9-8-13(18)2/h6-10,12,15H,3-5,11H2,1-2H3/t15-/m0/s1. The lowest BCUT2D eigenvalue weighted by atomic mass is 9.92. The molecular weight excluding hydrogens is 326 g/mol. The summed E-state index contributed by atoms with van der Waals surface area (Å²) in [5.41, 5.74) is 5.25. The average molecular weight is 347 g/mol. The van der Waals surface area contributed by atoms with Crippen LogP contribution in [0.4, 0.5) is 0 Å².